The molecular weight excluding hydrogens is 184 g/mol. The van der Waals surface area contributed by atoms with E-state index in [9.17, 15) is 0 Å². The Morgan fingerprint density at radius 1 is 1.23 bits per heavy atom. The molecule has 1 rings (SSSR count). The Bertz CT molecular complexity index is 277. The van der Waals surface area contributed by atoms with Gasteiger partial charge in [0.2, 0.25) is 0 Å². The molecule has 0 heterocycles. The van der Waals surface area contributed by atoms with Crippen molar-refractivity contribution >= 4 is 11.6 Å². The highest BCUT2D eigenvalue weighted by Crippen LogP contribution is 2.10. The molecule has 0 aromatic heterocycles. The summed E-state index contributed by atoms with van der Waals surface area (Å²) in [5.41, 5.74) is 1.13. The minimum atomic E-state index is 0.271. The van der Waals surface area contributed by atoms with Crippen molar-refractivity contribution in [2.75, 3.05) is 0 Å². The van der Waals surface area contributed by atoms with Crippen molar-refractivity contribution in [3.63, 3.8) is 0 Å². The molecule has 0 atom stereocenters. The first-order valence-electron chi connectivity index (χ1n) is 4.29. The predicted molar refractivity (Wildman–Crippen MR) is 55.1 cm³/mol. The highest BCUT2D eigenvalue weighted by molar-refractivity contribution is 6.30. The van der Waals surface area contributed by atoms with Gasteiger partial charge in [0.25, 0.3) is 0 Å². The lowest BCUT2D eigenvalue weighted by atomic mass is 10.2. The number of nitrogens with zero attached hydrogens (tertiary/aromatic N) is 2. The molecule has 0 bridgehead atoms. The summed E-state index contributed by atoms with van der Waals surface area (Å²) in [5, 5.41) is 8.84. The van der Waals surface area contributed by atoms with Gasteiger partial charge in [-0.2, -0.15) is 10.2 Å². The van der Waals surface area contributed by atoms with E-state index in [1.165, 1.54) is 0 Å². The van der Waals surface area contributed by atoms with E-state index in [0.29, 0.717) is 6.54 Å². The minimum absolute atomic E-state index is 0.271. The number of hydrogen-bond donors (Lipinski definition) is 0. The number of benzene rings is 1. The Morgan fingerprint density at radius 2 is 1.85 bits per heavy atom. The molecule has 0 spiro atoms. The molecule has 0 N–H and O–H groups in total. The highest BCUT2D eigenvalue weighted by atomic mass is 35.5. The van der Waals surface area contributed by atoms with E-state index in [0.717, 1.165) is 10.6 Å². The molecule has 0 unspecified atom stereocenters. The normalized spacial score (nSPS) is 11.4. The zero-order valence-electron chi connectivity index (χ0n) is 7.87. The quantitative estimate of drug-likeness (QED) is 0.659. The van der Waals surface area contributed by atoms with Crippen molar-refractivity contribution in [1.29, 1.82) is 0 Å². The summed E-state index contributed by atoms with van der Waals surface area (Å²) < 4.78 is 0. The van der Waals surface area contributed by atoms with Crippen LogP contribution in [-0.2, 0) is 6.54 Å². The fourth-order valence-electron chi connectivity index (χ4n) is 0.876. The van der Waals surface area contributed by atoms with Crippen LogP contribution in [0.2, 0.25) is 5.02 Å². The van der Waals surface area contributed by atoms with Crippen LogP contribution >= 0.6 is 11.6 Å². The smallest absolute Gasteiger partial charge is 0.0849 e. The van der Waals surface area contributed by atoms with Crippen LogP contribution in [0, 0.1) is 0 Å². The summed E-state index contributed by atoms with van der Waals surface area (Å²) >= 11 is 5.74. The van der Waals surface area contributed by atoms with Crippen LogP contribution in [0.15, 0.2) is 34.5 Å². The number of hydrogen-bond acceptors (Lipinski definition) is 2. The Hall–Kier alpha value is -0.890. The van der Waals surface area contributed by atoms with E-state index in [4.69, 9.17) is 11.6 Å². The first-order valence-corrected chi connectivity index (χ1v) is 4.67. The van der Waals surface area contributed by atoms with Crippen molar-refractivity contribution in [2.24, 2.45) is 10.2 Å². The van der Waals surface area contributed by atoms with Crippen LogP contribution in [0.25, 0.3) is 0 Å². The van der Waals surface area contributed by atoms with Crippen LogP contribution in [0.5, 0.6) is 0 Å². The summed E-state index contributed by atoms with van der Waals surface area (Å²) in [5.74, 6) is 0. The number of rotatable bonds is 3. The summed E-state index contributed by atoms with van der Waals surface area (Å²) in [6.45, 7) is 4.64. The maximum atomic E-state index is 5.74. The topological polar surface area (TPSA) is 24.7 Å². The van der Waals surface area contributed by atoms with Gasteiger partial charge < -0.3 is 0 Å². The van der Waals surface area contributed by atoms with Crippen molar-refractivity contribution in [1.82, 2.24) is 0 Å². The standard InChI is InChI=1S/C10H13ClN2/c1-8(2)13-12-7-9-3-5-10(11)6-4-9/h3-6,8H,7H2,1-2H3. The van der Waals surface area contributed by atoms with Crippen molar-refractivity contribution in [2.45, 2.75) is 26.4 Å². The lowest BCUT2D eigenvalue weighted by molar-refractivity contribution is 0.735. The fourth-order valence-corrected chi connectivity index (χ4v) is 1.00. The predicted octanol–water partition coefficient (Wildman–Crippen LogP) is 3.70. The molecule has 0 fully saturated rings. The van der Waals surface area contributed by atoms with Gasteiger partial charge in [0.05, 0.1) is 12.6 Å². The first kappa shape index (κ1) is 10.2. The van der Waals surface area contributed by atoms with E-state index in [2.05, 4.69) is 10.2 Å². The van der Waals surface area contributed by atoms with Gasteiger partial charge >= 0.3 is 0 Å². The third kappa shape index (κ3) is 4.04. The van der Waals surface area contributed by atoms with E-state index in [-0.39, 0.29) is 6.04 Å². The van der Waals surface area contributed by atoms with Crippen molar-refractivity contribution < 1.29 is 0 Å². The molecule has 1 aromatic carbocycles. The van der Waals surface area contributed by atoms with E-state index in [1.807, 2.05) is 38.1 Å². The van der Waals surface area contributed by atoms with Gasteiger partial charge in [-0.25, -0.2) is 0 Å². The summed E-state index contributed by atoms with van der Waals surface area (Å²) in [4.78, 5) is 0. The molecule has 1 aromatic rings. The zero-order chi connectivity index (χ0) is 9.68. The molecule has 0 saturated carbocycles. The molecule has 13 heavy (non-hydrogen) atoms. The molecular formula is C10H13ClN2. The molecule has 2 nitrogen and oxygen atoms in total. The maximum Gasteiger partial charge on any atom is 0.0849 e. The van der Waals surface area contributed by atoms with Crippen LogP contribution in [0.3, 0.4) is 0 Å². The van der Waals surface area contributed by atoms with Gasteiger partial charge in [-0.15, -0.1) is 0 Å². The molecule has 0 radical (unpaired) electrons. The molecule has 0 aliphatic rings. The average molecular weight is 197 g/mol. The van der Waals surface area contributed by atoms with Gasteiger partial charge in [-0.1, -0.05) is 23.7 Å². The first-order chi connectivity index (χ1) is 6.18. The second-order valence-electron chi connectivity index (χ2n) is 3.14. The average Bonchev–Trinajstić information content (AvgIpc) is 2.08. The maximum absolute atomic E-state index is 5.74. The van der Waals surface area contributed by atoms with Crippen LogP contribution in [0.1, 0.15) is 19.4 Å². The summed E-state index contributed by atoms with van der Waals surface area (Å²) in [6.07, 6.45) is 0. The van der Waals surface area contributed by atoms with Gasteiger partial charge in [0.1, 0.15) is 0 Å². The monoisotopic (exact) mass is 196 g/mol. The largest absolute Gasteiger partial charge is 0.191 e. The summed E-state index contributed by atoms with van der Waals surface area (Å²) in [6, 6.07) is 7.92. The molecule has 0 aliphatic heterocycles. The third-order valence-corrected chi connectivity index (χ3v) is 1.73. The molecule has 0 saturated heterocycles. The van der Waals surface area contributed by atoms with Gasteiger partial charge in [0, 0.05) is 5.02 Å². The zero-order valence-corrected chi connectivity index (χ0v) is 8.62. The van der Waals surface area contributed by atoms with Gasteiger partial charge in [0.15, 0.2) is 0 Å². The minimum Gasteiger partial charge on any atom is -0.191 e. The lowest BCUT2D eigenvalue weighted by Crippen LogP contribution is -1.86. The number of azo groups is 1. The summed E-state index contributed by atoms with van der Waals surface area (Å²) in [7, 11) is 0. The second-order valence-corrected chi connectivity index (χ2v) is 3.57. The lowest BCUT2D eigenvalue weighted by Gasteiger charge is -1.96. The van der Waals surface area contributed by atoms with Gasteiger partial charge in [-0.3, -0.25) is 0 Å². The highest BCUT2D eigenvalue weighted by Gasteiger charge is 1.91. The third-order valence-electron chi connectivity index (χ3n) is 1.48. The van der Waals surface area contributed by atoms with E-state index in [1.54, 1.807) is 0 Å². The number of halogens is 1. The SMILES string of the molecule is CC(C)N=NCc1ccc(Cl)cc1. The van der Waals surface area contributed by atoms with Crippen LogP contribution in [0.4, 0.5) is 0 Å². The van der Waals surface area contributed by atoms with Crippen LogP contribution < -0.4 is 0 Å². The molecule has 3 heteroatoms. The Balaban J connectivity index is 2.50. The Morgan fingerprint density at radius 3 is 2.38 bits per heavy atom. The molecule has 70 valence electrons. The second kappa shape index (κ2) is 4.97. The van der Waals surface area contributed by atoms with Gasteiger partial charge in [-0.05, 0) is 31.5 Å². The van der Waals surface area contributed by atoms with E-state index < -0.39 is 0 Å². The molecule has 0 amide bonds. The Kier molecular flexibility index (Phi) is 3.90. The fraction of sp³-hybridized carbons (Fsp3) is 0.400. The van der Waals surface area contributed by atoms with Crippen molar-refractivity contribution in [3.8, 4) is 0 Å². The molecule has 0 aliphatic carbocycles. The van der Waals surface area contributed by atoms with E-state index >= 15 is 0 Å². The van der Waals surface area contributed by atoms with Crippen LogP contribution in [-0.4, -0.2) is 6.04 Å². The Labute approximate surface area is 83.6 Å². The van der Waals surface area contributed by atoms with Crippen molar-refractivity contribution in [3.05, 3.63) is 34.9 Å².